The zero-order chi connectivity index (χ0) is 22.0. The van der Waals surface area contributed by atoms with Gasteiger partial charge >= 0.3 is 0 Å². The number of pyridine rings is 3. The van der Waals surface area contributed by atoms with Gasteiger partial charge in [-0.1, -0.05) is 0 Å². The average molecular weight is 421 g/mol. The quantitative estimate of drug-likeness (QED) is 0.421. The highest BCUT2D eigenvalue weighted by atomic mass is 19.1. The van der Waals surface area contributed by atoms with Crippen LogP contribution in [0.4, 0.5) is 21.6 Å². The first kappa shape index (κ1) is 20.7. The Morgan fingerprint density at radius 2 is 2.00 bits per heavy atom. The lowest BCUT2D eigenvalue weighted by molar-refractivity contribution is 0.0989. The zero-order valence-corrected chi connectivity index (χ0v) is 17.0. The Labute approximate surface area is 179 Å². The highest BCUT2D eigenvalue weighted by Crippen LogP contribution is 2.27. The monoisotopic (exact) mass is 421 g/mol. The Kier molecular flexibility index (Phi) is 5.77. The van der Waals surface area contributed by atoms with Crippen molar-refractivity contribution in [2.24, 2.45) is 5.73 Å². The second-order valence-electron chi connectivity index (χ2n) is 7.66. The number of rotatable bonds is 5. The van der Waals surface area contributed by atoms with Gasteiger partial charge in [0.05, 0.1) is 16.9 Å². The fraction of sp³-hybridized carbons (Fsp3) is 0.273. The number of hydrogen-bond acceptors (Lipinski definition) is 8. The fourth-order valence-electron chi connectivity index (χ4n) is 3.83. The molecule has 0 radical (unpaired) electrons. The number of Topliss-reactive ketones (excluding diaryl/α,β-unsaturated/α-hetero) is 1. The predicted molar refractivity (Wildman–Crippen MR) is 118 cm³/mol. The molecule has 1 aliphatic heterocycles. The van der Waals surface area contributed by atoms with Gasteiger partial charge in [-0.15, -0.1) is 0 Å². The van der Waals surface area contributed by atoms with E-state index < -0.39 is 5.95 Å². The third kappa shape index (κ3) is 4.46. The van der Waals surface area contributed by atoms with Crippen LogP contribution in [0.2, 0.25) is 0 Å². The molecule has 4 heterocycles. The summed E-state index contributed by atoms with van der Waals surface area (Å²) >= 11 is 0. The number of nitrogens with zero attached hydrogens (tertiary/aromatic N) is 4. The van der Waals surface area contributed by atoms with Crippen molar-refractivity contribution >= 4 is 23.0 Å². The summed E-state index contributed by atoms with van der Waals surface area (Å²) in [6.45, 7) is 1.60. The number of hydrogen-bond donors (Lipinski definition) is 3. The Morgan fingerprint density at radius 3 is 2.77 bits per heavy atom. The summed E-state index contributed by atoms with van der Waals surface area (Å²) < 4.78 is 14.2. The summed E-state index contributed by atoms with van der Waals surface area (Å²) in [6.07, 6.45) is 5.43. The number of carbonyl (C=O) groups is 1. The van der Waals surface area contributed by atoms with Crippen LogP contribution in [-0.4, -0.2) is 39.9 Å². The van der Waals surface area contributed by atoms with E-state index in [-0.39, 0.29) is 46.7 Å². The molecule has 0 aromatic carbocycles. The lowest BCUT2D eigenvalue weighted by atomic mass is 10.0. The standard InChI is InChI=1S/C22H24FN7O/c23-22-15(3-6-20(26)29-22)17-5-4-16(25)21(28-17)19(31)10-13-11-27-8-7-18(13)30-9-1-2-14(24)12-30/h3-8,11,14H,1-2,9-10,12,24-25H2,(H2,26,29)/t14-/m0/s1. The Bertz CT molecular complexity index is 1120. The first-order valence-corrected chi connectivity index (χ1v) is 10.1. The van der Waals surface area contributed by atoms with Crippen molar-refractivity contribution in [3.05, 3.63) is 59.9 Å². The number of nitrogen functional groups attached to an aromatic ring is 2. The van der Waals surface area contributed by atoms with Gasteiger partial charge in [0.1, 0.15) is 11.5 Å². The van der Waals surface area contributed by atoms with Gasteiger partial charge in [0, 0.05) is 49.2 Å². The van der Waals surface area contributed by atoms with E-state index in [0.29, 0.717) is 0 Å². The van der Waals surface area contributed by atoms with E-state index in [2.05, 4.69) is 19.9 Å². The van der Waals surface area contributed by atoms with Crippen LogP contribution in [0.15, 0.2) is 42.7 Å². The minimum absolute atomic E-state index is 0.0644. The van der Waals surface area contributed by atoms with E-state index in [9.17, 15) is 9.18 Å². The van der Waals surface area contributed by atoms with Gasteiger partial charge in [0.2, 0.25) is 5.95 Å². The van der Waals surface area contributed by atoms with Gasteiger partial charge in [0.15, 0.2) is 5.78 Å². The van der Waals surface area contributed by atoms with Crippen LogP contribution in [0.5, 0.6) is 0 Å². The molecule has 3 aromatic heterocycles. The molecule has 3 aromatic rings. The van der Waals surface area contributed by atoms with Crippen molar-refractivity contribution in [1.82, 2.24) is 15.0 Å². The molecule has 1 aliphatic rings. The first-order valence-electron chi connectivity index (χ1n) is 10.1. The molecule has 1 saturated heterocycles. The second-order valence-corrected chi connectivity index (χ2v) is 7.66. The Morgan fingerprint density at radius 1 is 1.16 bits per heavy atom. The minimum Gasteiger partial charge on any atom is -0.397 e. The van der Waals surface area contributed by atoms with Gasteiger partial charge in [-0.2, -0.15) is 4.39 Å². The van der Waals surface area contributed by atoms with Gasteiger partial charge in [-0.05, 0) is 43.2 Å². The molecule has 0 spiro atoms. The van der Waals surface area contributed by atoms with Gasteiger partial charge in [0.25, 0.3) is 0 Å². The molecule has 160 valence electrons. The number of nitrogens with two attached hydrogens (primary N) is 3. The number of halogens is 1. The third-order valence-electron chi connectivity index (χ3n) is 5.36. The van der Waals surface area contributed by atoms with E-state index in [1.165, 1.54) is 12.1 Å². The molecular weight excluding hydrogens is 397 g/mol. The number of anilines is 3. The van der Waals surface area contributed by atoms with E-state index in [0.717, 1.165) is 37.2 Å². The molecule has 8 nitrogen and oxygen atoms in total. The molecule has 0 amide bonds. The summed E-state index contributed by atoms with van der Waals surface area (Å²) in [5, 5.41) is 0. The molecule has 31 heavy (non-hydrogen) atoms. The topological polar surface area (TPSA) is 137 Å². The Balaban J connectivity index is 1.63. The average Bonchev–Trinajstić information content (AvgIpc) is 2.75. The van der Waals surface area contributed by atoms with Gasteiger partial charge in [-0.25, -0.2) is 9.97 Å². The third-order valence-corrected chi connectivity index (χ3v) is 5.36. The maximum atomic E-state index is 14.2. The molecule has 0 bridgehead atoms. The first-order chi connectivity index (χ1) is 14.9. The second kappa shape index (κ2) is 8.65. The summed E-state index contributed by atoms with van der Waals surface area (Å²) in [4.78, 5) is 27.4. The van der Waals surface area contributed by atoms with Crippen molar-refractivity contribution in [1.29, 1.82) is 0 Å². The van der Waals surface area contributed by atoms with Crippen molar-refractivity contribution in [2.45, 2.75) is 25.3 Å². The fourth-order valence-corrected chi connectivity index (χ4v) is 3.83. The lowest BCUT2D eigenvalue weighted by Gasteiger charge is -2.33. The molecule has 6 N–H and O–H groups in total. The van der Waals surface area contributed by atoms with E-state index in [1.807, 2.05) is 6.07 Å². The molecule has 4 rings (SSSR count). The number of piperidine rings is 1. The highest BCUT2D eigenvalue weighted by Gasteiger charge is 2.22. The summed E-state index contributed by atoms with van der Waals surface area (Å²) in [6, 6.07) is 8.03. The molecular formula is C22H24FN7O. The summed E-state index contributed by atoms with van der Waals surface area (Å²) in [7, 11) is 0. The molecule has 0 unspecified atom stereocenters. The maximum Gasteiger partial charge on any atom is 0.224 e. The number of aromatic nitrogens is 3. The van der Waals surface area contributed by atoms with Crippen molar-refractivity contribution in [2.75, 3.05) is 29.5 Å². The molecule has 0 saturated carbocycles. The van der Waals surface area contributed by atoms with Crippen molar-refractivity contribution in [3.8, 4) is 11.3 Å². The summed E-state index contributed by atoms with van der Waals surface area (Å²) in [5.41, 5.74) is 20.1. The van der Waals surface area contributed by atoms with Crippen molar-refractivity contribution in [3.63, 3.8) is 0 Å². The predicted octanol–water partition coefficient (Wildman–Crippen LogP) is 2.20. The van der Waals surface area contributed by atoms with Crippen molar-refractivity contribution < 1.29 is 9.18 Å². The minimum atomic E-state index is -0.758. The van der Waals surface area contributed by atoms with E-state index >= 15 is 0 Å². The Hall–Kier alpha value is -3.59. The van der Waals surface area contributed by atoms with Crippen LogP contribution < -0.4 is 22.1 Å². The zero-order valence-electron chi connectivity index (χ0n) is 17.0. The van der Waals surface area contributed by atoms with Crippen LogP contribution >= 0.6 is 0 Å². The van der Waals surface area contributed by atoms with E-state index in [4.69, 9.17) is 17.2 Å². The molecule has 1 fully saturated rings. The number of carbonyl (C=O) groups excluding carboxylic acids is 1. The molecule has 1 atom stereocenters. The van der Waals surface area contributed by atoms with Crippen LogP contribution in [-0.2, 0) is 6.42 Å². The van der Waals surface area contributed by atoms with E-state index in [1.54, 1.807) is 24.5 Å². The molecule has 0 aliphatic carbocycles. The normalized spacial score (nSPS) is 16.3. The summed E-state index contributed by atoms with van der Waals surface area (Å²) in [5.74, 6) is -0.972. The lowest BCUT2D eigenvalue weighted by Crippen LogP contribution is -2.43. The smallest absolute Gasteiger partial charge is 0.224 e. The SMILES string of the molecule is Nc1ccc(-c2ccc(N)c(C(=O)Cc3cnccc3N3CCC[C@H](N)C3)n2)c(F)n1. The largest absolute Gasteiger partial charge is 0.397 e. The van der Waals surface area contributed by atoms with Crippen LogP contribution in [0.1, 0.15) is 28.9 Å². The van der Waals surface area contributed by atoms with Crippen LogP contribution in [0, 0.1) is 5.95 Å². The van der Waals surface area contributed by atoms with Gasteiger partial charge in [-0.3, -0.25) is 9.78 Å². The highest BCUT2D eigenvalue weighted by molar-refractivity contribution is 6.01. The maximum absolute atomic E-state index is 14.2. The van der Waals surface area contributed by atoms with Gasteiger partial charge < -0.3 is 22.1 Å². The number of ketones is 1. The molecule has 9 heteroatoms. The van der Waals surface area contributed by atoms with Crippen LogP contribution in [0.25, 0.3) is 11.3 Å². The van der Waals surface area contributed by atoms with Crippen LogP contribution in [0.3, 0.4) is 0 Å².